The van der Waals surface area contributed by atoms with Gasteiger partial charge in [0.25, 0.3) is 0 Å². The number of nitrogens with two attached hydrogens (primary N) is 1. The summed E-state index contributed by atoms with van der Waals surface area (Å²) < 4.78 is 5.07. The number of aromatic nitrogens is 2. The second kappa shape index (κ2) is 5.22. The van der Waals surface area contributed by atoms with Gasteiger partial charge in [0, 0.05) is 24.1 Å². The zero-order valence-corrected chi connectivity index (χ0v) is 10.5. The van der Waals surface area contributed by atoms with E-state index in [9.17, 15) is 0 Å². The van der Waals surface area contributed by atoms with E-state index in [0.717, 1.165) is 16.8 Å². The molecule has 90 valence electrons. The van der Waals surface area contributed by atoms with Gasteiger partial charge in [-0.05, 0) is 17.9 Å². The van der Waals surface area contributed by atoms with Gasteiger partial charge in [0.2, 0.25) is 0 Å². The van der Waals surface area contributed by atoms with Crippen LogP contribution < -0.4 is 11.3 Å². The Bertz CT molecular complexity index is 512. The van der Waals surface area contributed by atoms with Gasteiger partial charge in [-0.2, -0.15) is 11.3 Å². The van der Waals surface area contributed by atoms with Gasteiger partial charge in [-0.1, -0.05) is 0 Å². The molecule has 0 spiro atoms. The van der Waals surface area contributed by atoms with Gasteiger partial charge < -0.3 is 10.2 Å². The molecule has 0 aliphatic carbocycles. The molecule has 2 aromatic heterocycles. The minimum Gasteiger partial charge on any atom is -0.378 e. The summed E-state index contributed by atoms with van der Waals surface area (Å²) in [6.45, 7) is 2.47. The number of nitrogens with one attached hydrogen (secondary N) is 1. The summed E-state index contributed by atoms with van der Waals surface area (Å²) in [4.78, 5) is 8.79. The average Bonchev–Trinajstić information content (AvgIpc) is 2.75. The van der Waals surface area contributed by atoms with Crippen LogP contribution in [0.15, 0.2) is 16.8 Å². The number of aryl methyl sites for hydroxylation is 1. The molecule has 0 aliphatic heterocycles. The number of ether oxygens (including phenoxy) is 1. The highest BCUT2D eigenvalue weighted by Crippen LogP contribution is 2.25. The molecule has 2 heterocycles. The van der Waals surface area contributed by atoms with Gasteiger partial charge in [0.1, 0.15) is 5.82 Å². The lowest BCUT2D eigenvalue weighted by Gasteiger charge is -2.06. The molecular weight excluding hydrogens is 236 g/mol. The van der Waals surface area contributed by atoms with Crippen LogP contribution in [0, 0.1) is 6.92 Å². The van der Waals surface area contributed by atoms with Gasteiger partial charge in [0.05, 0.1) is 12.3 Å². The first-order chi connectivity index (χ1) is 8.24. The van der Waals surface area contributed by atoms with Gasteiger partial charge in [0.15, 0.2) is 5.82 Å². The molecule has 0 amide bonds. The van der Waals surface area contributed by atoms with E-state index < -0.39 is 0 Å². The number of thiophene rings is 1. The van der Waals surface area contributed by atoms with E-state index >= 15 is 0 Å². The first kappa shape index (κ1) is 12.0. The van der Waals surface area contributed by atoms with Crippen LogP contribution in [-0.4, -0.2) is 17.1 Å². The zero-order chi connectivity index (χ0) is 12.3. The molecule has 0 saturated carbocycles. The Morgan fingerprint density at radius 1 is 1.41 bits per heavy atom. The van der Waals surface area contributed by atoms with Gasteiger partial charge in [-0.3, -0.25) is 0 Å². The molecule has 3 N–H and O–H groups in total. The topological polar surface area (TPSA) is 73.1 Å². The van der Waals surface area contributed by atoms with E-state index in [1.54, 1.807) is 24.5 Å². The van der Waals surface area contributed by atoms with Gasteiger partial charge >= 0.3 is 0 Å². The molecule has 0 aliphatic rings. The molecule has 0 atom stereocenters. The van der Waals surface area contributed by atoms with Crippen molar-refractivity contribution in [1.82, 2.24) is 9.97 Å². The van der Waals surface area contributed by atoms with Crippen molar-refractivity contribution >= 4 is 17.2 Å². The summed E-state index contributed by atoms with van der Waals surface area (Å²) in [6.07, 6.45) is 0. The average molecular weight is 250 g/mol. The smallest absolute Gasteiger partial charge is 0.163 e. The summed E-state index contributed by atoms with van der Waals surface area (Å²) in [6, 6.07) is 1.77. The van der Waals surface area contributed by atoms with Crippen LogP contribution in [0.25, 0.3) is 11.4 Å². The summed E-state index contributed by atoms with van der Waals surface area (Å²) in [7, 11) is 1.63. The molecular formula is C11H14N4OS. The molecule has 0 radical (unpaired) electrons. The molecule has 6 heteroatoms. The molecule has 0 aromatic carbocycles. The van der Waals surface area contributed by atoms with Crippen LogP contribution in [0.4, 0.5) is 5.82 Å². The van der Waals surface area contributed by atoms with E-state index in [-0.39, 0.29) is 0 Å². The van der Waals surface area contributed by atoms with Crippen LogP contribution in [0.2, 0.25) is 0 Å². The molecule has 0 bridgehead atoms. The summed E-state index contributed by atoms with van der Waals surface area (Å²) >= 11 is 1.63. The number of methoxy groups -OCH3 is 1. The number of hydrazine groups is 1. The molecule has 2 rings (SSSR count). The zero-order valence-electron chi connectivity index (χ0n) is 9.73. The fourth-order valence-corrected chi connectivity index (χ4v) is 2.33. The SMILES string of the molecule is COCc1cc(NN)nc(-c2cscc2C)n1. The summed E-state index contributed by atoms with van der Waals surface area (Å²) in [5.74, 6) is 6.66. The number of hydrogen-bond acceptors (Lipinski definition) is 6. The quantitative estimate of drug-likeness (QED) is 0.641. The maximum atomic E-state index is 5.40. The fraction of sp³-hybridized carbons (Fsp3) is 0.273. The third kappa shape index (κ3) is 2.60. The van der Waals surface area contributed by atoms with Crippen molar-refractivity contribution < 1.29 is 4.74 Å². The number of nitrogen functional groups attached to an aromatic ring is 1. The highest BCUT2D eigenvalue weighted by molar-refractivity contribution is 7.08. The second-order valence-corrected chi connectivity index (χ2v) is 4.36. The van der Waals surface area contributed by atoms with E-state index in [4.69, 9.17) is 10.6 Å². The third-order valence-electron chi connectivity index (χ3n) is 2.32. The van der Waals surface area contributed by atoms with Crippen LogP contribution in [0.5, 0.6) is 0 Å². The first-order valence-corrected chi connectivity index (χ1v) is 6.05. The molecule has 17 heavy (non-hydrogen) atoms. The van der Waals surface area contributed by atoms with Crippen molar-refractivity contribution in [3.8, 4) is 11.4 Å². The van der Waals surface area contributed by atoms with Crippen molar-refractivity contribution in [2.45, 2.75) is 13.5 Å². The third-order valence-corrected chi connectivity index (χ3v) is 3.18. The lowest BCUT2D eigenvalue weighted by Crippen LogP contribution is -2.10. The number of rotatable bonds is 4. The predicted octanol–water partition coefficient (Wildman–Crippen LogP) is 1.95. The van der Waals surface area contributed by atoms with E-state index in [0.29, 0.717) is 18.2 Å². The minimum atomic E-state index is 0.438. The van der Waals surface area contributed by atoms with Crippen LogP contribution in [-0.2, 0) is 11.3 Å². The van der Waals surface area contributed by atoms with Crippen LogP contribution in [0.1, 0.15) is 11.3 Å². The normalized spacial score (nSPS) is 10.5. The van der Waals surface area contributed by atoms with Crippen molar-refractivity contribution in [3.63, 3.8) is 0 Å². The van der Waals surface area contributed by atoms with Crippen molar-refractivity contribution in [1.29, 1.82) is 0 Å². The Kier molecular flexibility index (Phi) is 3.68. The summed E-state index contributed by atoms with van der Waals surface area (Å²) in [5, 5.41) is 4.10. The van der Waals surface area contributed by atoms with E-state index in [2.05, 4.69) is 20.8 Å². The largest absolute Gasteiger partial charge is 0.378 e. The second-order valence-electron chi connectivity index (χ2n) is 3.61. The van der Waals surface area contributed by atoms with Gasteiger partial charge in [-0.15, -0.1) is 0 Å². The van der Waals surface area contributed by atoms with Crippen LogP contribution >= 0.6 is 11.3 Å². The first-order valence-electron chi connectivity index (χ1n) is 5.11. The standard InChI is InChI=1S/C11H14N4OS/c1-7-5-17-6-9(7)11-13-8(4-16-2)3-10(14-11)15-12/h3,5-6H,4,12H2,1-2H3,(H,13,14,15). The Morgan fingerprint density at radius 3 is 2.82 bits per heavy atom. The molecule has 0 fully saturated rings. The lowest BCUT2D eigenvalue weighted by molar-refractivity contribution is 0.181. The van der Waals surface area contributed by atoms with E-state index in [1.165, 1.54) is 0 Å². The monoisotopic (exact) mass is 250 g/mol. The summed E-state index contributed by atoms with van der Waals surface area (Å²) in [5.41, 5.74) is 5.54. The highest BCUT2D eigenvalue weighted by Gasteiger charge is 2.09. The number of nitrogens with zero attached hydrogens (tertiary/aromatic N) is 2. The lowest BCUT2D eigenvalue weighted by atomic mass is 10.2. The Labute approximate surface area is 104 Å². The molecule has 0 unspecified atom stereocenters. The van der Waals surface area contributed by atoms with E-state index in [1.807, 2.05) is 12.3 Å². The van der Waals surface area contributed by atoms with Crippen molar-refractivity contribution in [3.05, 3.63) is 28.1 Å². The van der Waals surface area contributed by atoms with Crippen molar-refractivity contribution in [2.24, 2.45) is 5.84 Å². The van der Waals surface area contributed by atoms with Crippen molar-refractivity contribution in [2.75, 3.05) is 12.5 Å². The Morgan fingerprint density at radius 2 is 2.24 bits per heavy atom. The fourth-order valence-electron chi connectivity index (χ4n) is 1.50. The highest BCUT2D eigenvalue weighted by atomic mass is 32.1. The minimum absolute atomic E-state index is 0.438. The molecule has 5 nitrogen and oxygen atoms in total. The number of hydrogen-bond donors (Lipinski definition) is 2. The maximum absolute atomic E-state index is 5.40. The Balaban J connectivity index is 2.46. The molecule has 0 saturated heterocycles. The van der Waals surface area contributed by atoms with Crippen LogP contribution in [0.3, 0.4) is 0 Å². The maximum Gasteiger partial charge on any atom is 0.163 e. The molecule has 2 aromatic rings. The van der Waals surface area contributed by atoms with Gasteiger partial charge in [-0.25, -0.2) is 15.8 Å². The predicted molar refractivity (Wildman–Crippen MR) is 68.6 cm³/mol. The number of anilines is 1. The Hall–Kier alpha value is -1.50.